The van der Waals surface area contributed by atoms with Crippen LogP contribution in [-0.2, 0) is 0 Å². The summed E-state index contributed by atoms with van der Waals surface area (Å²) >= 11 is 0. The Morgan fingerprint density at radius 1 is 0.484 bits per heavy atom. The van der Waals surface area contributed by atoms with Crippen LogP contribution in [0.4, 0.5) is 0 Å². The van der Waals surface area contributed by atoms with Gasteiger partial charge in [-0.15, -0.1) is 0 Å². The van der Waals surface area contributed by atoms with Crippen LogP contribution in [-0.4, -0.2) is 21.1 Å². The molecule has 10 aromatic rings. The van der Waals surface area contributed by atoms with Crippen LogP contribution < -0.4 is 10.6 Å². The van der Waals surface area contributed by atoms with E-state index in [0.717, 1.165) is 33.4 Å². The SMILES string of the molecule is C1=CC2C=CC=C(C3NC(c4ccc(-n5c6ccccc6c6c(-n7c8ccccc8c8ccccc87)c7ccccc7cc65)c5ccccc45)=NC(c4ccccc4)N3)C2C=C1. The summed E-state index contributed by atoms with van der Waals surface area (Å²) in [4.78, 5) is 5.45. The topological polar surface area (TPSA) is 46.3 Å². The number of nitrogens with zero attached hydrogens (tertiary/aromatic N) is 3. The summed E-state index contributed by atoms with van der Waals surface area (Å²) in [5.74, 6) is 1.48. The van der Waals surface area contributed by atoms with E-state index < -0.39 is 0 Å². The highest BCUT2D eigenvalue weighted by Crippen LogP contribution is 2.45. The number of rotatable bonds is 5. The molecule has 0 radical (unpaired) electrons. The Balaban J connectivity index is 1.05. The van der Waals surface area contributed by atoms with E-state index in [1.165, 1.54) is 65.6 Å². The van der Waals surface area contributed by atoms with Gasteiger partial charge in [-0.2, -0.15) is 0 Å². The summed E-state index contributed by atoms with van der Waals surface area (Å²) < 4.78 is 5.00. The molecule has 13 rings (SSSR count). The van der Waals surface area contributed by atoms with E-state index in [9.17, 15) is 0 Å². The zero-order chi connectivity index (χ0) is 40.7. The monoisotopic (exact) mass is 795 g/mol. The van der Waals surface area contributed by atoms with Crippen LogP contribution in [0.1, 0.15) is 17.3 Å². The summed E-state index contributed by atoms with van der Waals surface area (Å²) in [6, 6.07) is 61.9. The van der Waals surface area contributed by atoms with Crippen molar-refractivity contribution in [3.05, 3.63) is 229 Å². The maximum Gasteiger partial charge on any atom is 0.132 e. The van der Waals surface area contributed by atoms with Gasteiger partial charge in [-0.25, -0.2) is 4.99 Å². The minimum Gasteiger partial charge on any atom is -0.351 e. The second kappa shape index (κ2) is 13.9. The molecule has 0 bridgehead atoms. The van der Waals surface area contributed by atoms with Crippen LogP contribution in [0, 0.1) is 11.8 Å². The third-order valence-corrected chi connectivity index (χ3v) is 13.4. The quantitative estimate of drug-likeness (QED) is 0.182. The number of nitrogens with one attached hydrogen (secondary N) is 2. The lowest BCUT2D eigenvalue weighted by molar-refractivity contribution is 0.405. The number of amidine groups is 1. The molecule has 3 heterocycles. The molecule has 0 fully saturated rings. The number of fused-ring (bicyclic) bond motifs is 9. The fraction of sp³-hybridized carbons (Fsp3) is 0.0702. The van der Waals surface area contributed by atoms with Crippen LogP contribution in [0.2, 0.25) is 0 Å². The van der Waals surface area contributed by atoms with Crippen LogP contribution in [0.3, 0.4) is 0 Å². The molecule has 62 heavy (non-hydrogen) atoms. The highest BCUT2D eigenvalue weighted by atomic mass is 15.3. The molecular formula is C57H41N5. The minimum absolute atomic E-state index is 0.121. The standard InChI is InChI=1S/C57H41N5/c1-2-18-37(19-3-1)55-58-56(45-29-16-21-36-17-4-6-22-39(36)45)60-57(59-55)46-33-34-51(42-25-9-8-24-41(42)46)61-50-32-15-12-28-47(50)53-52(61)35-38-20-5-7-23-40(38)54(53)62-48-30-13-10-26-43(48)44-27-11-14-31-49(44)62/h1-36,39,55-56,58H,(H,59,60). The van der Waals surface area contributed by atoms with Crippen molar-refractivity contribution in [3.8, 4) is 11.4 Å². The largest absolute Gasteiger partial charge is 0.351 e. The van der Waals surface area contributed by atoms with Gasteiger partial charge in [-0.3, -0.25) is 5.32 Å². The molecule has 0 saturated heterocycles. The van der Waals surface area contributed by atoms with Gasteiger partial charge in [0, 0.05) is 49.7 Å². The molecule has 5 nitrogen and oxygen atoms in total. The van der Waals surface area contributed by atoms with Crippen LogP contribution in [0.25, 0.3) is 76.5 Å². The van der Waals surface area contributed by atoms with Crippen molar-refractivity contribution in [2.45, 2.75) is 12.3 Å². The number of allylic oxidation sites excluding steroid dienone is 7. The smallest absolute Gasteiger partial charge is 0.132 e. The van der Waals surface area contributed by atoms with E-state index in [1.807, 2.05) is 0 Å². The van der Waals surface area contributed by atoms with Crippen molar-refractivity contribution in [1.82, 2.24) is 19.8 Å². The van der Waals surface area contributed by atoms with Crippen molar-refractivity contribution in [1.29, 1.82) is 0 Å². The van der Waals surface area contributed by atoms with Gasteiger partial charge in [0.1, 0.15) is 18.2 Å². The lowest BCUT2D eigenvalue weighted by Crippen LogP contribution is -2.53. The number of aromatic nitrogens is 2. The molecule has 3 aliphatic rings. The van der Waals surface area contributed by atoms with Gasteiger partial charge in [0.15, 0.2) is 0 Å². The third kappa shape index (κ3) is 5.28. The Morgan fingerprint density at radius 3 is 1.87 bits per heavy atom. The van der Waals surface area contributed by atoms with Gasteiger partial charge >= 0.3 is 0 Å². The van der Waals surface area contributed by atoms with Crippen molar-refractivity contribution in [2.75, 3.05) is 0 Å². The summed E-state index contributed by atoms with van der Waals surface area (Å²) in [6.45, 7) is 0. The fourth-order valence-electron chi connectivity index (χ4n) is 10.6. The second-order valence-corrected chi connectivity index (χ2v) is 16.7. The Bertz CT molecular complexity index is 3560. The molecule has 294 valence electrons. The van der Waals surface area contributed by atoms with Crippen LogP contribution in [0.15, 0.2) is 223 Å². The zero-order valence-electron chi connectivity index (χ0n) is 33.9. The predicted octanol–water partition coefficient (Wildman–Crippen LogP) is 13.0. The van der Waals surface area contributed by atoms with Crippen molar-refractivity contribution in [2.24, 2.45) is 16.8 Å². The van der Waals surface area contributed by atoms with E-state index in [4.69, 9.17) is 4.99 Å². The zero-order valence-corrected chi connectivity index (χ0v) is 33.9. The Morgan fingerprint density at radius 2 is 1.10 bits per heavy atom. The summed E-state index contributed by atoms with van der Waals surface area (Å²) in [5, 5.41) is 17.5. The number of hydrogen-bond acceptors (Lipinski definition) is 3. The molecule has 2 aliphatic carbocycles. The highest BCUT2D eigenvalue weighted by molar-refractivity contribution is 6.23. The maximum atomic E-state index is 5.45. The first-order valence-corrected chi connectivity index (χ1v) is 21.6. The van der Waals surface area contributed by atoms with Gasteiger partial charge < -0.3 is 14.5 Å². The molecule has 4 atom stereocenters. The van der Waals surface area contributed by atoms with Gasteiger partial charge in [-0.05, 0) is 58.3 Å². The molecule has 0 amide bonds. The van der Waals surface area contributed by atoms with E-state index in [2.05, 4.69) is 232 Å². The number of benzene rings is 8. The maximum absolute atomic E-state index is 5.45. The number of aliphatic imine (C=N–C) groups is 1. The van der Waals surface area contributed by atoms with Crippen molar-refractivity contribution in [3.63, 3.8) is 0 Å². The number of para-hydroxylation sites is 3. The van der Waals surface area contributed by atoms with Gasteiger partial charge in [0.05, 0.1) is 33.4 Å². The van der Waals surface area contributed by atoms with Crippen LogP contribution >= 0.6 is 0 Å². The Kier molecular flexibility index (Phi) is 7.87. The summed E-state index contributed by atoms with van der Waals surface area (Å²) in [5.41, 5.74) is 10.6. The molecule has 5 heteroatoms. The Labute approximate surface area is 358 Å². The van der Waals surface area contributed by atoms with E-state index in [0.29, 0.717) is 5.92 Å². The van der Waals surface area contributed by atoms with E-state index >= 15 is 0 Å². The second-order valence-electron chi connectivity index (χ2n) is 16.7. The molecule has 2 N–H and O–H groups in total. The molecule has 4 unspecified atom stereocenters. The molecular weight excluding hydrogens is 755 g/mol. The van der Waals surface area contributed by atoms with Crippen molar-refractivity contribution >= 4 is 71.0 Å². The van der Waals surface area contributed by atoms with Gasteiger partial charge in [-0.1, -0.05) is 176 Å². The van der Waals surface area contributed by atoms with Crippen molar-refractivity contribution < 1.29 is 0 Å². The average Bonchev–Trinajstić information content (AvgIpc) is 3.85. The molecule has 0 saturated carbocycles. The van der Waals surface area contributed by atoms with Crippen LogP contribution in [0.5, 0.6) is 0 Å². The van der Waals surface area contributed by atoms with E-state index in [1.54, 1.807) is 0 Å². The van der Waals surface area contributed by atoms with E-state index in [-0.39, 0.29) is 18.2 Å². The molecule has 8 aromatic carbocycles. The summed E-state index contributed by atoms with van der Waals surface area (Å²) in [7, 11) is 0. The number of hydrogen-bond donors (Lipinski definition) is 2. The first-order valence-electron chi connectivity index (χ1n) is 21.6. The highest BCUT2D eigenvalue weighted by Gasteiger charge is 2.33. The molecule has 0 spiro atoms. The first kappa shape index (κ1) is 35.1. The Hall–Kier alpha value is -7.73. The predicted molar refractivity (Wildman–Crippen MR) is 258 cm³/mol. The molecule has 2 aromatic heterocycles. The first-order chi connectivity index (χ1) is 30.8. The molecule has 1 aliphatic heterocycles. The summed E-state index contributed by atoms with van der Waals surface area (Å²) in [6.07, 6.45) is 15.4. The average molecular weight is 796 g/mol. The minimum atomic E-state index is -0.228. The van der Waals surface area contributed by atoms with Gasteiger partial charge in [0.2, 0.25) is 0 Å². The lowest BCUT2D eigenvalue weighted by Gasteiger charge is -2.38. The van der Waals surface area contributed by atoms with Gasteiger partial charge in [0.25, 0.3) is 0 Å². The normalized spacial score (nSPS) is 19.7. The third-order valence-electron chi connectivity index (χ3n) is 13.4. The lowest BCUT2D eigenvalue weighted by atomic mass is 9.78. The fourth-order valence-corrected chi connectivity index (χ4v) is 10.6.